The van der Waals surface area contributed by atoms with Gasteiger partial charge >= 0.3 is 0 Å². The first-order valence-corrected chi connectivity index (χ1v) is 6.82. The standard InChI is InChI=1S/C17H12ClNO2/c18-13-7-4-8-14(11-13)19-17(20)16-10-9-15(21-16)12-5-2-1-3-6-12/h1-11H,(H,19,20). The smallest absolute Gasteiger partial charge is 0.291 e. The van der Waals surface area contributed by atoms with E-state index in [1.807, 2.05) is 30.3 Å². The van der Waals surface area contributed by atoms with Gasteiger partial charge in [-0.3, -0.25) is 4.79 Å². The molecule has 1 amide bonds. The normalized spacial score (nSPS) is 10.3. The molecule has 0 bridgehead atoms. The monoisotopic (exact) mass is 297 g/mol. The minimum absolute atomic E-state index is 0.258. The van der Waals surface area contributed by atoms with E-state index in [0.717, 1.165) is 5.56 Å². The summed E-state index contributed by atoms with van der Waals surface area (Å²) in [5.74, 6) is 0.611. The predicted octanol–water partition coefficient (Wildman–Crippen LogP) is 4.85. The van der Waals surface area contributed by atoms with Crippen molar-refractivity contribution in [2.75, 3.05) is 5.32 Å². The minimum Gasteiger partial charge on any atom is -0.451 e. The molecule has 2 aromatic carbocycles. The van der Waals surface area contributed by atoms with Crippen molar-refractivity contribution in [1.82, 2.24) is 0 Å². The zero-order valence-electron chi connectivity index (χ0n) is 11.0. The Balaban J connectivity index is 1.78. The Hall–Kier alpha value is -2.52. The second-order valence-corrected chi connectivity index (χ2v) is 4.93. The van der Waals surface area contributed by atoms with E-state index in [4.69, 9.17) is 16.0 Å². The molecule has 0 atom stereocenters. The van der Waals surface area contributed by atoms with Crippen molar-refractivity contribution in [2.45, 2.75) is 0 Å². The Kier molecular flexibility index (Phi) is 3.75. The molecule has 3 rings (SSSR count). The highest BCUT2D eigenvalue weighted by atomic mass is 35.5. The molecule has 0 fully saturated rings. The molecule has 0 aliphatic heterocycles. The van der Waals surface area contributed by atoms with E-state index in [2.05, 4.69) is 5.32 Å². The fraction of sp³-hybridized carbons (Fsp3) is 0. The van der Waals surface area contributed by atoms with Crippen LogP contribution >= 0.6 is 11.6 Å². The van der Waals surface area contributed by atoms with Gasteiger partial charge in [-0.1, -0.05) is 48.0 Å². The minimum atomic E-state index is -0.306. The van der Waals surface area contributed by atoms with Crippen LogP contribution in [0.4, 0.5) is 5.69 Å². The summed E-state index contributed by atoms with van der Waals surface area (Å²) in [6.07, 6.45) is 0. The third kappa shape index (κ3) is 3.15. The molecular weight excluding hydrogens is 286 g/mol. The zero-order chi connectivity index (χ0) is 14.7. The van der Waals surface area contributed by atoms with Crippen LogP contribution in [-0.2, 0) is 0 Å². The fourth-order valence-corrected chi connectivity index (χ4v) is 2.17. The van der Waals surface area contributed by atoms with Crippen LogP contribution in [0.5, 0.6) is 0 Å². The number of carbonyl (C=O) groups is 1. The summed E-state index contributed by atoms with van der Waals surface area (Å²) in [5, 5.41) is 3.31. The maximum absolute atomic E-state index is 12.1. The third-order valence-corrected chi connectivity index (χ3v) is 3.21. The maximum atomic E-state index is 12.1. The van der Waals surface area contributed by atoms with E-state index in [1.165, 1.54) is 0 Å². The molecular formula is C17H12ClNO2. The Labute approximate surface area is 127 Å². The molecule has 0 radical (unpaired) electrons. The summed E-state index contributed by atoms with van der Waals surface area (Å²) in [5.41, 5.74) is 1.56. The average Bonchev–Trinajstić information content (AvgIpc) is 2.98. The molecule has 0 spiro atoms. The topological polar surface area (TPSA) is 42.2 Å². The molecule has 0 saturated carbocycles. The Morgan fingerprint density at radius 1 is 0.952 bits per heavy atom. The molecule has 3 aromatic rings. The van der Waals surface area contributed by atoms with Gasteiger partial charge in [0.15, 0.2) is 5.76 Å². The first kappa shape index (κ1) is 13.5. The van der Waals surface area contributed by atoms with Crippen molar-refractivity contribution in [3.63, 3.8) is 0 Å². The molecule has 0 saturated heterocycles. The number of benzene rings is 2. The van der Waals surface area contributed by atoms with Crippen LogP contribution < -0.4 is 5.32 Å². The van der Waals surface area contributed by atoms with Gasteiger partial charge in [0.1, 0.15) is 5.76 Å². The lowest BCUT2D eigenvalue weighted by atomic mass is 10.2. The number of rotatable bonds is 3. The number of halogens is 1. The molecule has 1 heterocycles. The highest BCUT2D eigenvalue weighted by Crippen LogP contribution is 2.22. The lowest BCUT2D eigenvalue weighted by Gasteiger charge is -2.03. The van der Waals surface area contributed by atoms with Gasteiger partial charge in [-0.25, -0.2) is 0 Å². The molecule has 104 valence electrons. The molecule has 3 nitrogen and oxygen atoms in total. The summed E-state index contributed by atoms with van der Waals surface area (Å²) in [7, 11) is 0. The summed E-state index contributed by atoms with van der Waals surface area (Å²) in [4.78, 5) is 12.1. The van der Waals surface area contributed by atoms with Crippen molar-refractivity contribution in [2.24, 2.45) is 0 Å². The lowest BCUT2D eigenvalue weighted by Crippen LogP contribution is -2.10. The van der Waals surface area contributed by atoms with Crippen molar-refractivity contribution < 1.29 is 9.21 Å². The average molecular weight is 298 g/mol. The van der Waals surface area contributed by atoms with Gasteiger partial charge in [0.05, 0.1) is 0 Å². The predicted molar refractivity (Wildman–Crippen MR) is 83.5 cm³/mol. The van der Waals surface area contributed by atoms with E-state index >= 15 is 0 Å². The first-order chi connectivity index (χ1) is 10.2. The van der Waals surface area contributed by atoms with Crippen LogP contribution in [0.2, 0.25) is 5.02 Å². The largest absolute Gasteiger partial charge is 0.451 e. The van der Waals surface area contributed by atoms with E-state index in [-0.39, 0.29) is 11.7 Å². The number of hydrogen-bond acceptors (Lipinski definition) is 2. The van der Waals surface area contributed by atoms with Crippen molar-refractivity contribution in [3.8, 4) is 11.3 Å². The number of nitrogens with one attached hydrogen (secondary N) is 1. The molecule has 4 heteroatoms. The summed E-state index contributed by atoms with van der Waals surface area (Å²) < 4.78 is 5.59. The van der Waals surface area contributed by atoms with Crippen LogP contribution in [-0.4, -0.2) is 5.91 Å². The van der Waals surface area contributed by atoms with Crippen LogP contribution in [0.25, 0.3) is 11.3 Å². The third-order valence-electron chi connectivity index (χ3n) is 2.97. The number of amides is 1. The Morgan fingerprint density at radius 2 is 1.76 bits per heavy atom. The van der Waals surface area contributed by atoms with Crippen molar-refractivity contribution in [1.29, 1.82) is 0 Å². The zero-order valence-corrected chi connectivity index (χ0v) is 11.8. The fourth-order valence-electron chi connectivity index (χ4n) is 1.98. The van der Waals surface area contributed by atoms with Crippen molar-refractivity contribution in [3.05, 3.63) is 77.5 Å². The Bertz CT molecular complexity index is 765. The van der Waals surface area contributed by atoms with E-state index in [0.29, 0.717) is 16.5 Å². The van der Waals surface area contributed by atoms with Gasteiger partial charge in [0.25, 0.3) is 5.91 Å². The molecule has 1 aromatic heterocycles. The van der Waals surface area contributed by atoms with Crippen LogP contribution in [0.15, 0.2) is 71.1 Å². The maximum Gasteiger partial charge on any atom is 0.291 e. The van der Waals surface area contributed by atoms with Gasteiger partial charge in [-0.05, 0) is 30.3 Å². The molecule has 0 aliphatic rings. The van der Waals surface area contributed by atoms with Gasteiger partial charge in [-0.15, -0.1) is 0 Å². The second kappa shape index (κ2) is 5.85. The number of anilines is 1. The van der Waals surface area contributed by atoms with Crippen LogP contribution in [0.3, 0.4) is 0 Å². The van der Waals surface area contributed by atoms with Gasteiger partial charge in [0.2, 0.25) is 0 Å². The lowest BCUT2D eigenvalue weighted by molar-refractivity contribution is 0.0997. The van der Waals surface area contributed by atoms with Gasteiger partial charge < -0.3 is 9.73 Å². The van der Waals surface area contributed by atoms with E-state index in [1.54, 1.807) is 36.4 Å². The Morgan fingerprint density at radius 3 is 2.52 bits per heavy atom. The SMILES string of the molecule is O=C(Nc1cccc(Cl)c1)c1ccc(-c2ccccc2)o1. The van der Waals surface area contributed by atoms with E-state index < -0.39 is 0 Å². The highest BCUT2D eigenvalue weighted by Gasteiger charge is 2.12. The summed E-state index contributed by atoms with van der Waals surface area (Å²) >= 11 is 5.88. The first-order valence-electron chi connectivity index (χ1n) is 6.44. The number of carbonyl (C=O) groups excluding carboxylic acids is 1. The summed E-state index contributed by atoms with van der Waals surface area (Å²) in [6.45, 7) is 0. The summed E-state index contributed by atoms with van der Waals surface area (Å²) in [6, 6.07) is 20.0. The number of hydrogen-bond donors (Lipinski definition) is 1. The molecule has 0 aliphatic carbocycles. The van der Waals surface area contributed by atoms with Gasteiger partial charge in [0, 0.05) is 16.3 Å². The van der Waals surface area contributed by atoms with Crippen molar-refractivity contribution >= 4 is 23.2 Å². The molecule has 21 heavy (non-hydrogen) atoms. The number of furan rings is 1. The van der Waals surface area contributed by atoms with Crippen LogP contribution in [0, 0.1) is 0 Å². The van der Waals surface area contributed by atoms with E-state index in [9.17, 15) is 4.79 Å². The molecule has 1 N–H and O–H groups in total. The quantitative estimate of drug-likeness (QED) is 0.750. The van der Waals surface area contributed by atoms with Crippen LogP contribution in [0.1, 0.15) is 10.6 Å². The second-order valence-electron chi connectivity index (χ2n) is 4.49. The molecule has 0 unspecified atom stereocenters. The highest BCUT2D eigenvalue weighted by molar-refractivity contribution is 6.30. The van der Waals surface area contributed by atoms with Gasteiger partial charge in [-0.2, -0.15) is 0 Å².